The number of benzene rings is 3. The van der Waals surface area contributed by atoms with Crippen LogP contribution in [0.2, 0.25) is 0 Å². The van der Waals surface area contributed by atoms with Crippen LogP contribution in [0.4, 0.5) is 10.8 Å². The normalized spacial score (nSPS) is 11.2. The molecule has 10 heteroatoms. The Labute approximate surface area is 200 Å². The maximum absolute atomic E-state index is 12.7. The number of nitrogens with zero attached hydrogens (tertiary/aromatic N) is 1. The third-order valence-corrected chi connectivity index (χ3v) is 6.94. The number of para-hydroxylation sites is 1. The van der Waals surface area contributed by atoms with Gasteiger partial charge in [-0.05, 0) is 35.9 Å². The molecule has 0 amide bonds. The summed E-state index contributed by atoms with van der Waals surface area (Å²) in [5, 5.41) is 15.6. The molecule has 1 heterocycles. The number of thiazole rings is 1. The Hall–Kier alpha value is -3.73. The molecule has 3 N–H and O–H groups in total. The molecule has 1 aromatic heterocycles. The van der Waals surface area contributed by atoms with Crippen molar-refractivity contribution in [1.29, 1.82) is 0 Å². The molecule has 34 heavy (non-hydrogen) atoms. The van der Waals surface area contributed by atoms with Gasteiger partial charge in [-0.15, -0.1) is 11.3 Å². The van der Waals surface area contributed by atoms with Gasteiger partial charge < -0.3 is 15.2 Å². The number of anilines is 2. The molecule has 0 spiro atoms. The fourth-order valence-electron chi connectivity index (χ4n) is 3.00. The van der Waals surface area contributed by atoms with Crippen molar-refractivity contribution in [1.82, 2.24) is 9.71 Å². The molecule has 0 saturated heterocycles. The highest BCUT2D eigenvalue weighted by atomic mass is 32.2. The van der Waals surface area contributed by atoms with Crippen LogP contribution < -0.4 is 10.0 Å². The van der Waals surface area contributed by atoms with Gasteiger partial charge in [0.1, 0.15) is 17.9 Å². The van der Waals surface area contributed by atoms with Crippen molar-refractivity contribution in [2.45, 2.75) is 18.0 Å². The molecular formula is C24H21N3O5S2. The molecule has 0 aliphatic rings. The summed E-state index contributed by atoms with van der Waals surface area (Å²) in [6, 6.07) is 22.0. The zero-order chi connectivity index (χ0) is 24.0. The van der Waals surface area contributed by atoms with E-state index in [-0.39, 0.29) is 29.4 Å². The first kappa shape index (κ1) is 23.4. The van der Waals surface area contributed by atoms with Crippen molar-refractivity contribution >= 4 is 38.1 Å². The van der Waals surface area contributed by atoms with E-state index in [1.165, 1.54) is 17.4 Å². The van der Waals surface area contributed by atoms with Gasteiger partial charge in [0.2, 0.25) is 10.0 Å². The Morgan fingerprint density at radius 1 is 1.00 bits per heavy atom. The second kappa shape index (κ2) is 10.5. The Morgan fingerprint density at radius 3 is 2.44 bits per heavy atom. The molecule has 0 atom stereocenters. The highest BCUT2D eigenvalue weighted by molar-refractivity contribution is 7.89. The quantitative estimate of drug-likeness (QED) is 0.294. The summed E-state index contributed by atoms with van der Waals surface area (Å²) < 4.78 is 33.1. The lowest BCUT2D eigenvalue weighted by Gasteiger charge is -2.10. The highest BCUT2D eigenvalue weighted by Crippen LogP contribution is 2.24. The van der Waals surface area contributed by atoms with Gasteiger partial charge in [0.25, 0.3) is 0 Å². The van der Waals surface area contributed by atoms with Crippen LogP contribution in [0.25, 0.3) is 0 Å². The highest BCUT2D eigenvalue weighted by Gasteiger charge is 2.20. The molecule has 174 valence electrons. The molecule has 0 aliphatic carbocycles. The van der Waals surface area contributed by atoms with E-state index in [1.807, 2.05) is 36.4 Å². The number of carbonyl (C=O) groups is 1. The maximum atomic E-state index is 12.7. The number of hydrogen-bond donors (Lipinski definition) is 3. The Kier molecular flexibility index (Phi) is 7.21. The van der Waals surface area contributed by atoms with Crippen molar-refractivity contribution in [3.8, 4) is 5.75 Å². The van der Waals surface area contributed by atoms with Crippen molar-refractivity contribution in [3.05, 3.63) is 101 Å². The SMILES string of the molecule is O=C(OCc1csc(Nc2ccccc2)n1)c1cc(S(=O)(=O)NCc2ccccc2)ccc1O. The minimum atomic E-state index is -3.91. The van der Waals surface area contributed by atoms with Gasteiger partial charge >= 0.3 is 5.97 Å². The zero-order valence-corrected chi connectivity index (χ0v) is 19.5. The van der Waals surface area contributed by atoms with E-state index >= 15 is 0 Å². The van der Waals surface area contributed by atoms with Crippen LogP contribution >= 0.6 is 11.3 Å². The van der Waals surface area contributed by atoms with Crippen LogP contribution in [0.15, 0.2) is 89.1 Å². The van der Waals surface area contributed by atoms with E-state index in [2.05, 4.69) is 15.0 Å². The van der Waals surface area contributed by atoms with E-state index in [0.717, 1.165) is 23.4 Å². The Morgan fingerprint density at radius 2 is 1.71 bits per heavy atom. The second-order valence-corrected chi connectivity index (χ2v) is 9.83. The summed E-state index contributed by atoms with van der Waals surface area (Å²) in [7, 11) is -3.91. The third-order valence-electron chi connectivity index (χ3n) is 4.74. The van der Waals surface area contributed by atoms with Crippen molar-refractivity contribution in [2.24, 2.45) is 0 Å². The number of ether oxygens (including phenoxy) is 1. The summed E-state index contributed by atoms with van der Waals surface area (Å²) in [5.41, 5.74) is 1.93. The minimum absolute atomic E-state index is 0.0903. The van der Waals surface area contributed by atoms with Crippen LogP contribution in [0.1, 0.15) is 21.6 Å². The van der Waals surface area contributed by atoms with Gasteiger partial charge in [0, 0.05) is 17.6 Å². The molecule has 0 bridgehead atoms. The van der Waals surface area contributed by atoms with Crippen LogP contribution in [0.5, 0.6) is 5.75 Å². The molecule has 8 nitrogen and oxygen atoms in total. The lowest BCUT2D eigenvalue weighted by atomic mass is 10.2. The largest absolute Gasteiger partial charge is 0.507 e. The number of nitrogens with one attached hydrogen (secondary N) is 2. The van der Waals surface area contributed by atoms with Crippen LogP contribution in [0, 0.1) is 0 Å². The van der Waals surface area contributed by atoms with E-state index in [0.29, 0.717) is 10.8 Å². The van der Waals surface area contributed by atoms with Crippen LogP contribution in [-0.4, -0.2) is 24.5 Å². The average molecular weight is 496 g/mol. The van der Waals surface area contributed by atoms with Crippen molar-refractivity contribution < 1.29 is 23.1 Å². The lowest BCUT2D eigenvalue weighted by molar-refractivity contribution is 0.0465. The van der Waals surface area contributed by atoms with Gasteiger partial charge in [-0.25, -0.2) is 22.9 Å². The maximum Gasteiger partial charge on any atom is 0.342 e. The molecule has 0 radical (unpaired) electrons. The lowest BCUT2D eigenvalue weighted by Crippen LogP contribution is -2.23. The number of hydrogen-bond acceptors (Lipinski definition) is 8. The summed E-state index contributed by atoms with van der Waals surface area (Å²) in [4.78, 5) is 16.8. The summed E-state index contributed by atoms with van der Waals surface area (Å²) in [6.45, 7) is -0.0402. The number of aromatic nitrogens is 1. The van der Waals surface area contributed by atoms with E-state index in [4.69, 9.17) is 4.74 Å². The van der Waals surface area contributed by atoms with Gasteiger partial charge in [-0.3, -0.25) is 0 Å². The molecule has 0 saturated carbocycles. The van der Waals surface area contributed by atoms with Crippen LogP contribution in [0.3, 0.4) is 0 Å². The number of esters is 1. The fourth-order valence-corrected chi connectivity index (χ4v) is 4.75. The average Bonchev–Trinajstić information content (AvgIpc) is 3.30. The van der Waals surface area contributed by atoms with Gasteiger partial charge in [-0.2, -0.15) is 0 Å². The predicted octanol–water partition coefficient (Wildman–Crippen LogP) is 4.43. The first-order valence-corrected chi connectivity index (χ1v) is 12.6. The molecule has 4 aromatic rings. The van der Waals surface area contributed by atoms with Crippen molar-refractivity contribution in [2.75, 3.05) is 5.32 Å². The van der Waals surface area contributed by atoms with E-state index in [1.54, 1.807) is 29.6 Å². The topological polar surface area (TPSA) is 118 Å². The molecular weight excluding hydrogens is 474 g/mol. The van der Waals surface area contributed by atoms with Gasteiger partial charge in [0.05, 0.1) is 10.6 Å². The summed E-state index contributed by atoms with van der Waals surface area (Å²) in [6.07, 6.45) is 0. The number of phenols is 1. The number of rotatable bonds is 9. The smallest absolute Gasteiger partial charge is 0.342 e. The fraction of sp³-hybridized carbons (Fsp3) is 0.0833. The number of carbonyl (C=O) groups excluding carboxylic acids is 1. The molecule has 3 aromatic carbocycles. The van der Waals surface area contributed by atoms with Crippen LogP contribution in [-0.2, 0) is 27.9 Å². The molecule has 0 aliphatic heterocycles. The summed E-state index contributed by atoms with van der Waals surface area (Å²) in [5.74, 6) is -1.24. The first-order chi connectivity index (χ1) is 16.4. The minimum Gasteiger partial charge on any atom is -0.507 e. The predicted molar refractivity (Wildman–Crippen MR) is 130 cm³/mol. The molecule has 0 fully saturated rings. The number of aromatic hydroxyl groups is 1. The molecule has 0 unspecified atom stereocenters. The van der Waals surface area contributed by atoms with Crippen molar-refractivity contribution in [3.63, 3.8) is 0 Å². The molecule has 4 rings (SSSR count). The standard InChI is InChI=1S/C24H21N3O5S2/c28-22-12-11-20(34(30,31)25-14-17-7-3-1-4-8-17)13-21(22)23(29)32-15-19-16-33-24(27-19)26-18-9-5-2-6-10-18/h1-13,16,25,28H,14-15H2,(H,26,27). The zero-order valence-electron chi connectivity index (χ0n) is 17.8. The second-order valence-electron chi connectivity index (χ2n) is 7.20. The van der Waals surface area contributed by atoms with Gasteiger partial charge in [-0.1, -0.05) is 48.5 Å². The summed E-state index contributed by atoms with van der Waals surface area (Å²) >= 11 is 1.35. The number of sulfonamides is 1. The van der Waals surface area contributed by atoms with E-state index < -0.39 is 16.0 Å². The van der Waals surface area contributed by atoms with E-state index in [9.17, 15) is 18.3 Å². The number of phenolic OH excluding ortho intramolecular Hbond substituents is 1. The third kappa shape index (κ3) is 5.98. The Balaban J connectivity index is 1.40. The Bertz CT molecular complexity index is 1370. The first-order valence-electron chi connectivity index (χ1n) is 10.2. The monoisotopic (exact) mass is 495 g/mol. The van der Waals surface area contributed by atoms with Gasteiger partial charge in [0.15, 0.2) is 5.13 Å².